The molecule has 2 heterocycles. The number of anilines is 1. The van der Waals surface area contributed by atoms with Gasteiger partial charge in [-0.2, -0.15) is 0 Å². The first-order valence-corrected chi connectivity index (χ1v) is 5.59. The highest BCUT2D eigenvalue weighted by atomic mass is 16.5. The molecule has 2 N–H and O–H groups in total. The molecule has 0 saturated heterocycles. The number of pyridine rings is 1. The predicted molar refractivity (Wildman–Crippen MR) is 69.2 cm³/mol. The fourth-order valence-corrected chi connectivity index (χ4v) is 1.77. The van der Waals surface area contributed by atoms with Crippen LogP contribution in [0.4, 0.5) is 5.82 Å². The lowest BCUT2D eigenvalue weighted by Crippen LogP contribution is -2.10. The number of methoxy groups -OCH3 is 1. The molecule has 1 atom stereocenters. The monoisotopic (exact) mass is 232 g/mol. The van der Waals surface area contributed by atoms with E-state index in [4.69, 9.17) is 10.5 Å². The third-order valence-corrected chi connectivity index (χ3v) is 2.66. The standard InChI is InChI=1S/C12H16N4O/c1-8-3-5-14-7-10(16-8)9-4-6-15-12(13)11(9)17-2/h4,6-8H,3,5H2,1-2H3,(H2,13,15). The summed E-state index contributed by atoms with van der Waals surface area (Å²) in [6, 6.07) is 2.10. The van der Waals surface area contributed by atoms with Crippen LogP contribution in [0.3, 0.4) is 0 Å². The minimum absolute atomic E-state index is 0.256. The maximum Gasteiger partial charge on any atom is 0.170 e. The first-order valence-electron chi connectivity index (χ1n) is 5.59. The van der Waals surface area contributed by atoms with E-state index >= 15 is 0 Å². The van der Waals surface area contributed by atoms with Crippen molar-refractivity contribution >= 4 is 17.7 Å². The normalized spacial score (nSPS) is 19.6. The van der Waals surface area contributed by atoms with Crippen molar-refractivity contribution in [2.75, 3.05) is 19.4 Å². The van der Waals surface area contributed by atoms with Gasteiger partial charge in [-0.3, -0.25) is 9.98 Å². The van der Waals surface area contributed by atoms with Crippen molar-refractivity contribution in [3.63, 3.8) is 0 Å². The first kappa shape index (κ1) is 11.6. The molecule has 0 spiro atoms. The van der Waals surface area contributed by atoms with Gasteiger partial charge in [-0.05, 0) is 19.4 Å². The number of hydrogen-bond donors (Lipinski definition) is 1. The SMILES string of the molecule is COc1c(C2=NC(C)CCN=C2)ccnc1N. The summed E-state index contributed by atoms with van der Waals surface area (Å²) in [6.07, 6.45) is 4.39. The van der Waals surface area contributed by atoms with Gasteiger partial charge in [0.25, 0.3) is 0 Å². The van der Waals surface area contributed by atoms with Crippen molar-refractivity contribution in [1.82, 2.24) is 4.98 Å². The molecule has 1 unspecified atom stereocenters. The van der Waals surface area contributed by atoms with Gasteiger partial charge in [0.05, 0.1) is 12.8 Å². The summed E-state index contributed by atoms with van der Waals surface area (Å²) in [5.74, 6) is 0.935. The lowest BCUT2D eigenvalue weighted by Gasteiger charge is -2.10. The van der Waals surface area contributed by atoms with E-state index in [1.54, 1.807) is 19.5 Å². The lowest BCUT2D eigenvalue weighted by molar-refractivity contribution is 0.414. The summed E-state index contributed by atoms with van der Waals surface area (Å²) >= 11 is 0. The van der Waals surface area contributed by atoms with Crippen LogP contribution in [0.1, 0.15) is 18.9 Å². The van der Waals surface area contributed by atoms with Gasteiger partial charge in [0.2, 0.25) is 0 Å². The molecule has 0 aliphatic carbocycles. The molecule has 0 radical (unpaired) electrons. The smallest absolute Gasteiger partial charge is 0.170 e. The molecule has 5 heteroatoms. The second kappa shape index (κ2) is 4.95. The molecule has 17 heavy (non-hydrogen) atoms. The summed E-state index contributed by atoms with van der Waals surface area (Å²) in [5, 5.41) is 0. The number of rotatable bonds is 2. The number of nitrogens with zero attached hydrogens (tertiary/aromatic N) is 3. The Morgan fingerprint density at radius 3 is 3.06 bits per heavy atom. The largest absolute Gasteiger partial charge is 0.492 e. The Bertz CT molecular complexity index is 468. The number of aromatic nitrogens is 1. The van der Waals surface area contributed by atoms with Crippen LogP contribution in [-0.4, -0.2) is 36.6 Å². The Kier molecular flexibility index (Phi) is 3.37. The van der Waals surface area contributed by atoms with Crippen molar-refractivity contribution in [2.45, 2.75) is 19.4 Å². The van der Waals surface area contributed by atoms with Gasteiger partial charge in [0.1, 0.15) is 0 Å². The van der Waals surface area contributed by atoms with Crippen molar-refractivity contribution < 1.29 is 4.74 Å². The summed E-state index contributed by atoms with van der Waals surface area (Å²) in [6.45, 7) is 2.88. The van der Waals surface area contributed by atoms with E-state index in [0.717, 1.165) is 24.2 Å². The number of nitrogen functional groups attached to an aromatic ring is 1. The van der Waals surface area contributed by atoms with Gasteiger partial charge in [-0.25, -0.2) is 4.98 Å². The molecule has 1 aliphatic heterocycles. The maximum atomic E-state index is 5.78. The zero-order valence-electron chi connectivity index (χ0n) is 10.1. The minimum atomic E-state index is 0.256. The Morgan fingerprint density at radius 2 is 2.29 bits per heavy atom. The quantitative estimate of drug-likeness (QED) is 0.835. The second-order valence-corrected chi connectivity index (χ2v) is 3.96. The van der Waals surface area contributed by atoms with Crippen LogP contribution in [0.15, 0.2) is 22.2 Å². The van der Waals surface area contributed by atoms with Crippen LogP contribution >= 0.6 is 0 Å². The molecule has 90 valence electrons. The Morgan fingerprint density at radius 1 is 1.47 bits per heavy atom. The van der Waals surface area contributed by atoms with Crippen LogP contribution < -0.4 is 10.5 Å². The number of nitrogens with two attached hydrogens (primary N) is 1. The molecule has 5 nitrogen and oxygen atoms in total. The molecule has 0 aromatic carbocycles. The highest BCUT2D eigenvalue weighted by Crippen LogP contribution is 2.24. The second-order valence-electron chi connectivity index (χ2n) is 3.96. The first-order chi connectivity index (χ1) is 8.22. The van der Waals surface area contributed by atoms with Gasteiger partial charge in [0.15, 0.2) is 11.6 Å². The van der Waals surface area contributed by atoms with Crippen LogP contribution in [0.25, 0.3) is 0 Å². The van der Waals surface area contributed by atoms with Crippen molar-refractivity contribution in [3.05, 3.63) is 17.8 Å². The minimum Gasteiger partial charge on any atom is -0.492 e. The molecular formula is C12H16N4O. The van der Waals surface area contributed by atoms with E-state index < -0.39 is 0 Å². The maximum absolute atomic E-state index is 5.78. The average molecular weight is 232 g/mol. The predicted octanol–water partition coefficient (Wildman–Crippen LogP) is 1.32. The van der Waals surface area contributed by atoms with Gasteiger partial charge in [-0.15, -0.1) is 0 Å². The van der Waals surface area contributed by atoms with Crippen molar-refractivity contribution in [3.8, 4) is 5.75 Å². The summed E-state index contributed by atoms with van der Waals surface area (Å²) < 4.78 is 5.28. The fraction of sp³-hybridized carbons (Fsp3) is 0.417. The van der Waals surface area contributed by atoms with E-state index in [1.165, 1.54) is 0 Å². The lowest BCUT2D eigenvalue weighted by atomic mass is 10.1. The molecule has 0 saturated carbocycles. The fourth-order valence-electron chi connectivity index (χ4n) is 1.77. The van der Waals surface area contributed by atoms with E-state index in [-0.39, 0.29) is 6.04 Å². The number of hydrogen-bond acceptors (Lipinski definition) is 5. The molecule has 0 amide bonds. The van der Waals surface area contributed by atoms with Crippen LogP contribution in [0, 0.1) is 0 Å². The molecule has 1 aliphatic rings. The van der Waals surface area contributed by atoms with Crippen molar-refractivity contribution in [1.29, 1.82) is 0 Å². The van der Waals surface area contributed by atoms with Crippen LogP contribution in [0.5, 0.6) is 5.75 Å². The molecule has 2 rings (SSSR count). The van der Waals surface area contributed by atoms with Gasteiger partial charge >= 0.3 is 0 Å². The van der Waals surface area contributed by atoms with Crippen LogP contribution in [0.2, 0.25) is 0 Å². The van der Waals surface area contributed by atoms with E-state index in [1.807, 2.05) is 6.07 Å². The van der Waals surface area contributed by atoms with Crippen LogP contribution in [-0.2, 0) is 0 Å². The topological polar surface area (TPSA) is 72.9 Å². The summed E-state index contributed by atoms with van der Waals surface area (Å²) in [4.78, 5) is 12.9. The summed E-state index contributed by atoms with van der Waals surface area (Å²) in [7, 11) is 1.58. The van der Waals surface area contributed by atoms with Crippen molar-refractivity contribution in [2.24, 2.45) is 9.98 Å². The van der Waals surface area contributed by atoms with E-state index in [2.05, 4.69) is 21.9 Å². The molecule has 1 aromatic heterocycles. The van der Waals surface area contributed by atoms with Gasteiger partial charge in [-0.1, -0.05) is 0 Å². The third kappa shape index (κ3) is 2.43. The Balaban J connectivity index is 2.48. The zero-order valence-corrected chi connectivity index (χ0v) is 10.1. The molecule has 0 bridgehead atoms. The number of ether oxygens (including phenoxy) is 1. The number of aliphatic imine (C=N–C) groups is 2. The molecule has 1 aromatic rings. The third-order valence-electron chi connectivity index (χ3n) is 2.66. The summed E-state index contributed by atoms with van der Waals surface area (Å²) in [5.41, 5.74) is 7.43. The zero-order chi connectivity index (χ0) is 12.3. The van der Waals surface area contributed by atoms with E-state index in [0.29, 0.717) is 11.6 Å². The highest BCUT2D eigenvalue weighted by molar-refractivity contribution is 6.39. The van der Waals surface area contributed by atoms with Gasteiger partial charge in [0, 0.05) is 30.6 Å². The Labute approximate surface area is 100 Å². The molecule has 0 fully saturated rings. The average Bonchev–Trinajstić information content (AvgIpc) is 2.53. The molecular weight excluding hydrogens is 216 g/mol. The Hall–Kier alpha value is -1.91. The van der Waals surface area contributed by atoms with E-state index in [9.17, 15) is 0 Å². The van der Waals surface area contributed by atoms with Gasteiger partial charge < -0.3 is 10.5 Å². The highest BCUT2D eigenvalue weighted by Gasteiger charge is 2.14.